The highest BCUT2D eigenvalue weighted by Gasteiger charge is 2.36. The summed E-state index contributed by atoms with van der Waals surface area (Å²) in [6.45, 7) is 4.62. The highest BCUT2D eigenvalue weighted by molar-refractivity contribution is 6.17. The molecule has 2 atom stereocenters. The molecule has 1 fully saturated rings. The molecule has 1 heterocycles. The van der Waals surface area contributed by atoms with Crippen LogP contribution in [0.25, 0.3) is 0 Å². The standard InChI is InChI=1S/C14H19ClO2/c1-14(2)16-10-12(8-9-15)13(17-14)11-6-4-3-5-7-11/h3-7,12-13H,8-10H2,1-2H3. The lowest BCUT2D eigenvalue weighted by molar-refractivity contribution is -0.296. The van der Waals surface area contributed by atoms with Gasteiger partial charge >= 0.3 is 0 Å². The Balaban J connectivity index is 2.19. The Hall–Kier alpha value is -0.570. The number of alkyl halides is 1. The molecule has 1 aliphatic rings. The van der Waals surface area contributed by atoms with Gasteiger partial charge in [-0.25, -0.2) is 0 Å². The number of ether oxygens (including phenoxy) is 2. The fourth-order valence-electron chi connectivity index (χ4n) is 2.19. The third kappa shape index (κ3) is 3.21. The molecule has 0 amide bonds. The SMILES string of the molecule is CC1(C)OCC(CCCl)C(c2ccccc2)O1. The van der Waals surface area contributed by atoms with E-state index in [1.807, 2.05) is 32.0 Å². The average molecular weight is 255 g/mol. The molecule has 2 unspecified atom stereocenters. The molecule has 0 spiro atoms. The molecule has 0 N–H and O–H groups in total. The van der Waals surface area contributed by atoms with Crippen molar-refractivity contribution >= 4 is 11.6 Å². The van der Waals surface area contributed by atoms with E-state index >= 15 is 0 Å². The molecule has 2 nitrogen and oxygen atoms in total. The van der Waals surface area contributed by atoms with E-state index in [1.54, 1.807) is 0 Å². The fraction of sp³-hybridized carbons (Fsp3) is 0.571. The predicted molar refractivity (Wildman–Crippen MR) is 69.1 cm³/mol. The van der Waals surface area contributed by atoms with E-state index in [9.17, 15) is 0 Å². The first-order valence-corrected chi connectivity index (χ1v) is 6.58. The zero-order valence-corrected chi connectivity index (χ0v) is 11.1. The van der Waals surface area contributed by atoms with Crippen molar-refractivity contribution in [3.8, 4) is 0 Å². The van der Waals surface area contributed by atoms with Gasteiger partial charge in [0, 0.05) is 11.8 Å². The van der Waals surface area contributed by atoms with Crippen LogP contribution >= 0.6 is 11.6 Å². The molecule has 0 aromatic heterocycles. The third-order valence-electron chi connectivity index (χ3n) is 3.09. The molecule has 1 aromatic carbocycles. The maximum atomic E-state index is 6.04. The zero-order chi connectivity index (χ0) is 12.3. The van der Waals surface area contributed by atoms with E-state index in [0.29, 0.717) is 18.4 Å². The van der Waals surface area contributed by atoms with Crippen molar-refractivity contribution in [3.05, 3.63) is 35.9 Å². The summed E-state index contributed by atoms with van der Waals surface area (Å²) in [7, 11) is 0. The van der Waals surface area contributed by atoms with Crippen molar-refractivity contribution in [2.45, 2.75) is 32.2 Å². The summed E-state index contributed by atoms with van der Waals surface area (Å²) in [5.74, 6) is 0.465. The Morgan fingerprint density at radius 2 is 2.00 bits per heavy atom. The van der Waals surface area contributed by atoms with Crippen LogP contribution in [0.1, 0.15) is 31.9 Å². The molecule has 1 aromatic rings. The topological polar surface area (TPSA) is 18.5 Å². The second-order valence-corrected chi connectivity index (χ2v) is 5.28. The van der Waals surface area contributed by atoms with E-state index in [2.05, 4.69) is 12.1 Å². The molecule has 2 rings (SSSR count). The van der Waals surface area contributed by atoms with Crippen LogP contribution in [0.2, 0.25) is 0 Å². The van der Waals surface area contributed by atoms with Crippen LogP contribution in [0, 0.1) is 5.92 Å². The van der Waals surface area contributed by atoms with E-state index in [1.165, 1.54) is 5.56 Å². The van der Waals surface area contributed by atoms with Gasteiger partial charge in [-0.3, -0.25) is 0 Å². The van der Waals surface area contributed by atoms with E-state index < -0.39 is 5.79 Å². The maximum Gasteiger partial charge on any atom is 0.163 e. The maximum absolute atomic E-state index is 6.04. The minimum atomic E-state index is -0.511. The van der Waals surface area contributed by atoms with Gasteiger partial charge in [0.15, 0.2) is 5.79 Å². The summed E-state index contributed by atoms with van der Waals surface area (Å²) < 4.78 is 11.7. The van der Waals surface area contributed by atoms with Gasteiger partial charge in [-0.2, -0.15) is 0 Å². The largest absolute Gasteiger partial charge is 0.350 e. The fourth-order valence-corrected chi connectivity index (χ4v) is 2.47. The minimum Gasteiger partial charge on any atom is -0.350 e. The second-order valence-electron chi connectivity index (χ2n) is 4.90. The summed E-state index contributed by atoms with van der Waals surface area (Å²) in [6, 6.07) is 10.3. The number of hydrogen-bond acceptors (Lipinski definition) is 2. The summed E-state index contributed by atoms with van der Waals surface area (Å²) in [5.41, 5.74) is 1.21. The molecular formula is C14H19ClO2. The summed E-state index contributed by atoms with van der Waals surface area (Å²) in [6.07, 6.45) is 0.996. The Morgan fingerprint density at radius 1 is 1.29 bits per heavy atom. The van der Waals surface area contributed by atoms with Crippen molar-refractivity contribution < 1.29 is 9.47 Å². The van der Waals surface area contributed by atoms with Gasteiger partial charge in [0.1, 0.15) is 0 Å². The molecule has 94 valence electrons. The van der Waals surface area contributed by atoms with Crippen molar-refractivity contribution in [1.82, 2.24) is 0 Å². The first kappa shape index (κ1) is 12.9. The Labute approximate surface area is 108 Å². The van der Waals surface area contributed by atoms with E-state index in [0.717, 1.165) is 6.42 Å². The highest BCUT2D eigenvalue weighted by Crippen LogP contribution is 2.38. The highest BCUT2D eigenvalue weighted by atomic mass is 35.5. The van der Waals surface area contributed by atoms with Crippen LogP contribution in [-0.2, 0) is 9.47 Å². The average Bonchev–Trinajstić information content (AvgIpc) is 2.32. The van der Waals surface area contributed by atoms with Crippen LogP contribution in [0.3, 0.4) is 0 Å². The molecule has 0 aliphatic carbocycles. The first-order chi connectivity index (χ1) is 8.12. The molecule has 1 saturated heterocycles. The van der Waals surface area contributed by atoms with Gasteiger partial charge in [0.2, 0.25) is 0 Å². The lowest BCUT2D eigenvalue weighted by Crippen LogP contribution is -2.41. The molecule has 3 heteroatoms. The smallest absolute Gasteiger partial charge is 0.163 e. The Kier molecular flexibility index (Phi) is 4.08. The van der Waals surface area contributed by atoms with Gasteiger partial charge in [-0.05, 0) is 25.8 Å². The van der Waals surface area contributed by atoms with E-state index in [-0.39, 0.29) is 6.10 Å². The molecular weight excluding hydrogens is 236 g/mol. The van der Waals surface area contributed by atoms with Gasteiger partial charge < -0.3 is 9.47 Å². The second kappa shape index (κ2) is 5.38. The van der Waals surface area contributed by atoms with Crippen molar-refractivity contribution in [2.24, 2.45) is 5.92 Å². The third-order valence-corrected chi connectivity index (χ3v) is 3.31. The van der Waals surface area contributed by atoms with Crippen molar-refractivity contribution in [2.75, 3.05) is 12.5 Å². The van der Waals surface area contributed by atoms with Crippen LogP contribution < -0.4 is 0 Å². The van der Waals surface area contributed by atoms with Gasteiger partial charge in [0.05, 0.1) is 12.7 Å². The van der Waals surface area contributed by atoms with Crippen LogP contribution in [0.4, 0.5) is 0 Å². The lowest BCUT2D eigenvalue weighted by Gasteiger charge is -2.41. The van der Waals surface area contributed by atoms with Crippen LogP contribution in [0.15, 0.2) is 30.3 Å². The minimum absolute atomic E-state index is 0.0821. The van der Waals surface area contributed by atoms with Gasteiger partial charge in [-0.15, -0.1) is 11.6 Å². The molecule has 0 saturated carbocycles. The zero-order valence-electron chi connectivity index (χ0n) is 10.4. The van der Waals surface area contributed by atoms with Crippen LogP contribution in [-0.4, -0.2) is 18.3 Å². The summed E-state index contributed by atoms with van der Waals surface area (Å²) in [4.78, 5) is 0. The molecule has 1 aliphatic heterocycles. The normalized spacial score (nSPS) is 27.9. The Bertz CT molecular complexity index is 350. The predicted octanol–water partition coefficient (Wildman–Crippen LogP) is 3.76. The Morgan fingerprint density at radius 3 is 2.65 bits per heavy atom. The number of benzene rings is 1. The summed E-state index contributed by atoms with van der Waals surface area (Å²) >= 11 is 5.85. The van der Waals surface area contributed by atoms with Gasteiger partial charge in [-0.1, -0.05) is 30.3 Å². The quantitative estimate of drug-likeness (QED) is 0.765. The number of hydrogen-bond donors (Lipinski definition) is 0. The monoisotopic (exact) mass is 254 g/mol. The molecule has 0 bridgehead atoms. The number of rotatable bonds is 3. The van der Waals surface area contributed by atoms with Crippen molar-refractivity contribution in [3.63, 3.8) is 0 Å². The number of halogens is 1. The van der Waals surface area contributed by atoms with Crippen LogP contribution in [0.5, 0.6) is 0 Å². The van der Waals surface area contributed by atoms with E-state index in [4.69, 9.17) is 21.1 Å². The summed E-state index contributed by atoms with van der Waals surface area (Å²) in [5, 5.41) is 0. The molecule has 17 heavy (non-hydrogen) atoms. The van der Waals surface area contributed by atoms with Gasteiger partial charge in [0.25, 0.3) is 0 Å². The molecule has 0 radical (unpaired) electrons. The first-order valence-electron chi connectivity index (χ1n) is 6.05. The lowest BCUT2D eigenvalue weighted by atomic mass is 9.92. The van der Waals surface area contributed by atoms with Crippen molar-refractivity contribution in [1.29, 1.82) is 0 Å².